The molecule has 0 atom stereocenters. The highest BCUT2D eigenvalue weighted by molar-refractivity contribution is 7.89. The summed E-state index contributed by atoms with van der Waals surface area (Å²) in [5, 5.41) is 12.4. The third kappa shape index (κ3) is 4.20. The predicted molar refractivity (Wildman–Crippen MR) is 102 cm³/mol. The quantitative estimate of drug-likeness (QED) is 0.824. The number of nitrogens with one attached hydrogen (secondary N) is 1. The maximum Gasteiger partial charge on any atom is 0.256 e. The van der Waals surface area contributed by atoms with E-state index in [9.17, 15) is 18.5 Å². The Hall–Kier alpha value is -2.25. The number of hydrogen-bond acceptors (Lipinski definition) is 6. The molecule has 0 aliphatic carbocycles. The van der Waals surface area contributed by atoms with E-state index >= 15 is 0 Å². The summed E-state index contributed by atoms with van der Waals surface area (Å²) >= 11 is 1.36. The first-order valence-corrected chi connectivity index (χ1v) is 10.7. The Morgan fingerprint density at radius 3 is 2.56 bits per heavy atom. The maximum atomic E-state index is 12.6. The number of hydrogen-bond donors (Lipinski definition) is 1. The predicted octanol–water partition coefficient (Wildman–Crippen LogP) is 2.46. The first-order chi connectivity index (χ1) is 13.0. The average molecular weight is 406 g/mol. The van der Waals surface area contributed by atoms with Crippen LogP contribution in [-0.2, 0) is 21.2 Å². The van der Waals surface area contributed by atoms with Crippen LogP contribution in [0.1, 0.15) is 27.7 Å². The van der Waals surface area contributed by atoms with Crippen molar-refractivity contribution in [1.29, 1.82) is 5.26 Å². The van der Waals surface area contributed by atoms with Gasteiger partial charge < -0.3 is 10.1 Å². The Balaban J connectivity index is 1.76. The van der Waals surface area contributed by atoms with Crippen LogP contribution in [0.2, 0.25) is 0 Å². The number of carbonyl (C=O) groups excluding carboxylic acids is 1. The van der Waals surface area contributed by atoms with Gasteiger partial charge in [-0.3, -0.25) is 4.79 Å². The Bertz CT molecular complexity index is 969. The molecule has 1 fully saturated rings. The van der Waals surface area contributed by atoms with Gasteiger partial charge in [-0.2, -0.15) is 9.57 Å². The van der Waals surface area contributed by atoms with E-state index in [-0.39, 0.29) is 10.8 Å². The van der Waals surface area contributed by atoms with Crippen LogP contribution in [0.3, 0.4) is 0 Å². The van der Waals surface area contributed by atoms with E-state index in [0.717, 1.165) is 11.3 Å². The molecule has 0 bridgehead atoms. The summed E-state index contributed by atoms with van der Waals surface area (Å²) < 4.78 is 31.8. The van der Waals surface area contributed by atoms with Crippen molar-refractivity contribution in [2.75, 3.05) is 31.6 Å². The fraction of sp³-hybridized carbons (Fsp3) is 0.333. The van der Waals surface area contributed by atoms with Crippen LogP contribution in [0.4, 0.5) is 5.00 Å². The highest BCUT2D eigenvalue weighted by Crippen LogP contribution is 2.28. The largest absolute Gasteiger partial charge is 0.379 e. The molecule has 0 unspecified atom stereocenters. The van der Waals surface area contributed by atoms with Crippen LogP contribution in [-0.4, -0.2) is 44.9 Å². The van der Waals surface area contributed by atoms with Crippen molar-refractivity contribution in [3.63, 3.8) is 0 Å². The molecule has 1 aromatic carbocycles. The molecule has 142 valence electrons. The van der Waals surface area contributed by atoms with E-state index in [2.05, 4.69) is 11.4 Å². The molecule has 27 heavy (non-hydrogen) atoms. The molecule has 1 aliphatic rings. The third-order valence-corrected chi connectivity index (χ3v) is 7.31. The van der Waals surface area contributed by atoms with Crippen molar-refractivity contribution < 1.29 is 17.9 Å². The summed E-state index contributed by atoms with van der Waals surface area (Å²) in [5.74, 6) is -0.383. The second kappa shape index (κ2) is 8.19. The lowest BCUT2D eigenvalue weighted by molar-refractivity contribution is 0.0730. The maximum absolute atomic E-state index is 12.6. The van der Waals surface area contributed by atoms with E-state index in [0.29, 0.717) is 42.4 Å². The number of nitriles is 1. The highest BCUT2D eigenvalue weighted by Gasteiger charge is 2.26. The molecule has 7 nitrogen and oxygen atoms in total. The SMILES string of the molecule is CCc1cc(C#N)c(NC(=O)c2ccc(S(=O)(=O)N3CCOCC3)cc2)s1. The Labute approximate surface area is 162 Å². The van der Waals surface area contributed by atoms with Gasteiger partial charge in [0.25, 0.3) is 5.91 Å². The topological polar surface area (TPSA) is 99.5 Å². The molecule has 1 saturated heterocycles. The molecule has 1 amide bonds. The van der Waals surface area contributed by atoms with Crippen molar-refractivity contribution in [2.24, 2.45) is 0 Å². The molecule has 0 spiro atoms. The number of benzene rings is 1. The van der Waals surface area contributed by atoms with Gasteiger partial charge in [-0.1, -0.05) is 6.92 Å². The molecular formula is C18H19N3O4S2. The average Bonchev–Trinajstić information content (AvgIpc) is 3.10. The zero-order valence-electron chi connectivity index (χ0n) is 14.8. The van der Waals surface area contributed by atoms with Crippen LogP contribution < -0.4 is 5.32 Å². The Morgan fingerprint density at radius 2 is 1.96 bits per heavy atom. The Morgan fingerprint density at radius 1 is 1.30 bits per heavy atom. The van der Waals surface area contributed by atoms with Gasteiger partial charge in [0.1, 0.15) is 11.1 Å². The summed E-state index contributed by atoms with van der Waals surface area (Å²) in [6, 6.07) is 9.64. The lowest BCUT2D eigenvalue weighted by atomic mass is 10.2. The highest BCUT2D eigenvalue weighted by atomic mass is 32.2. The van der Waals surface area contributed by atoms with E-state index in [4.69, 9.17) is 4.74 Å². The van der Waals surface area contributed by atoms with Gasteiger partial charge in [-0.15, -0.1) is 11.3 Å². The molecular weight excluding hydrogens is 386 g/mol. The van der Waals surface area contributed by atoms with Crippen molar-refractivity contribution in [1.82, 2.24) is 4.31 Å². The number of anilines is 1. The smallest absolute Gasteiger partial charge is 0.256 e. The van der Waals surface area contributed by atoms with Crippen molar-refractivity contribution in [3.8, 4) is 6.07 Å². The fourth-order valence-corrected chi connectivity index (χ4v) is 5.03. The number of ether oxygens (including phenoxy) is 1. The summed E-state index contributed by atoms with van der Waals surface area (Å²) in [6.07, 6.45) is 0.781. The lowest BCUT2D eigenvalue weighted by Crippen LogP contribution is -2.40. The van der Waals surface area contributed by atoms with Gasteiger partial charge in [0.15, 0.2) is 0 Å². The minimum atomic E-state index is -3.59. The second-order valence-electron chi connectivity index (χ2n) is 5.92. The van der Waals surface area contributed by atoms with Gasteiger partial charge in [0, 0.05) is 23.5 Å². The Kier molecular flexibility index (Phi) is 5.92. The van der Waals surface area contributed by atoms with Gasteiger partial charge in [-0.05, 0) is 36.8 Å². The van der Waals surface area contributed by atoms with E-state index in [1.165, 1.54) is 39.9 Å². The first kappa shape index (κ1) is 19.5. The molecule has 9 heteroatoms. The molecule has 0 saturated carbocycles. The summed E-state index contributed by atoms with van der Waals surface area (Å²) in [7, 11) is -3.59. The number of aryl methyl sites for hydroxylation is 1. The number of carbonyl (C=O) groups is 1. The third-order valence-electron chi connectivity index (χ3n) is 4.20. The number of amides is 1. The summed E-state index contributed by atoms with van der Waals surface area (Å²) in [6.45, 7) is 3.37. The van der Waals surface area contributed by atoms with Crippen LogP contribution in [0.5, 0.6) is 0 Å². The molecule has 2 aromatic rings. The summed E-state index contributed by atoms with van der Waals surface area (Å²) in [5.41, 5.74) is 0.753. The normalized spacial score (nSPS) is 15.3. The standard InChI is InChI=1S/C18H19N3O4S2/c1-2-15-11-14(12-19)18(26-15)20-17(22)13-3-5-16(6-4-13)27(23,24)21-7-9-25-10-8-21/h3-6,11H,2,7-10H2,1H3,(H,20,22). The number of rotatable bonds is 5. The van der Waals surface area contributed by atoms with Crippen molar-refractivity contribution >= 4 is 32.3 Å². The van der Waals surface area contributed by atoms with E-state index in [1.54, 1.807) is 6.07 Å². The fourth-order valence-electron chi connectivity index (χ4n) is 2.68. The van der Waals surface area contributed by atoms with Crippen molar-refractivity contribution in [2.45, 2.75) is 18.2 Å². The molecule has 1 aromatic heterocycles. The van der Waals surface area contributed by atoms with E-state index < -0.39 is 10.0 Å². The van der Waals surface area contributed by atoms with Gasteiger partial charge in [-0.25, -0.2) is 8.42 Å². The minimum Gasteiger partial charge on any atom is -0.379 e. The molecule has 2 heterocycles. The number of sulfonamides is 1. The van der Waals surface area contributed by atoms with Gasteiger partial charge >= 0.3 is 0 Å². The van der Waals surface area contributed by atoms with Crippen LogP contribution in [0.25, 0.3) is 0 Å². The van der Waals surface area contributed by atoms with Crippen molar-refractivity contribution in [3.05, 3.63) is 46.3 Å². The monoisotopic (exact) mass is 405 g/mol. The zero-order valence-corrected chi connectivity index (χ0v) is 16.4. The van der Waals surface area contributed by atoms with Crippen LogP contribution in [0.15, 0.2) is 35.2 Å². The first-order valence-electron chi connectivity index (χ1n) is 8.48. The number of nitrogens with zero attached hydrogens (tertiary/aromatic N) is 2. The molecule has 3 rings (SSSR count). The van der Waals surface area contributed by atoms with Gasteiger partial charge in [0.2, 0.25) is 10.0 Å². The molecule has 1 N–H and O–H groups in total. The van der Waals surface area contributed by atoms with Gasteiger partial charge in [0.05, 0.1) is 23.7 Å². The number of thiophene rings is 1. The van der Waals surface area contributed by atoms with E-state index in [1.807, 2.05) is 6.92 Å². The van der Waals surface area contributed by atoms with Crippen LogP contribution in [0, 0.1) is 11.3 Å². The lowest BCUT2D eigenvalue weighted by Gasteiger charge is -2.26. The molecule has 1 aliphatic heterocycles. The second-order valence-corrected chi connectivity index (χ2v) is 8.99. The minimum absolute atomic E-state index is 0.142. The van der Waals surface area contributed by atoms with Crippen LogP contribution >= 0.6 is 11.3 Å². The zero-order chi connectivity index (χ0) is 19.4. The molecule has 0 radical (unpaired) electrons. The summed E-state index contributed by atoms with van der Waals surface area (Å²) in [4.78, 5) is 13.6. The number of morpholine rings is 1.